The predicted octanol–water partition coefficient (Wildman–Crippen LogP) is 4.23. The maximum absolute atomic E-state index is 13.2. The Kier molecular flexibility index (Phi) is 7.52. The number of rotatable bonds is 5. The normalized spacial score (nSPS) is 19.3. The first kappa shape index (κ1) is 28.2. The van der Waals surface area contributed by atoms with Crippen molar-refractivity contribution in [2.75, 3.05) is 16.8 Å². The maximum atomic E-state index is 13.2. The summed E-state index contributed by atoms with van der Waals surface area (Å²) in [7, 11) is 0. The molecule has 2 aromatic rings. The van der Waals surface area contributed by atoms with Gasteiger partial charge in [-0.1, -0.05) is 0 Å². The molecule has 202 valence electrons. The lowest BCUT2D eigenvalue weighted by atomic mass is 9.83. The number of aromatic nitrogens is 2. The van der Waals surface area contributed by atoms with Crippen LogP contribution >= 0.6 is 0 Å². The van der Waals surface area contributed by atoms with Gasteiger partial charge in [0.15, 0.2) is 0 Å². The maximum Gasteiger partial charge on any atom is 0.490 e. The Morgan fingerprint density at radius 1 is 1.11 bits per heavy atom. The SMILES string of the molecule is N#CC1(C2CC2)CCN(c2ccnc(Nc3cc(C(F)(F)F)c(C(=O)O)cn3)c2)C1=O.O=C(O)C(F)(F)F. The van der Waals surface area contributed by atoms with Crippen molar-refractivity contribution in [2.45, 2.75) is 31.6 Å². The highest BCUT2D eigenvalue weighted by molar-refractivity contribution is 6.02. The number of halogens is 6. The number of aliphatic carboxylic acids is 1. The molecule has 1 amide bonds. The summed E-state index contributed by atoms with van der Waals surface area (Å²) in [5.74, 6) is -4.85. The third-order valence-corrected chi connectivity index (χ3v) is 5.82. The second kappa shape index (κ2) is 10.1. The zero-order valence-electron chi connectivity index (χ0n) is 19.0. The molecular weight excluding hydrogens is 528 g/mol. The summed E-state index contributed by atoms with van der Waals surface area (Å²) in [6.45, 7) is 0.357. The standard InChI is InChI=1S/C20H16F3N5O3.C2HF3O2/c21-20(22,23)14-8-16(26-9-13(14)17(29)30)27-15-7-12(3-5-25-15)28-6-4-19(10-24,18(28)31)11-1-2-11;3-2(4,5)1(6)7/h3,5,7-9,11H,1-2,4,6H2,(H,29,30)(H,25,26,27);(H,6,7). The fourth-order valence-corrected chi connectivity index (χ4v) is 3.85. The van der Waals surface area contributed by atoms with E-state index in [1.165, 1.54) is 17.2 Å². The number of carbonyl (C=O) groups is 3. The Hall–Kier alpha value is -4.42. The fourth-order valence-electron chi connectivity index (χ4n) is 3.85. The molecule has 2 aliphatic rings. The number of aromatic carboxylic acids is 1. The second-order valence-corrected chi connectivity index (χ2v) is 8.31. The van der Waals surface area contributed by atoms with Gasteiger partial charge in [0.2, 0.25) is 5.91 Å². The van der Waals surface area contributed by atoms with E-state index in [0.29, 0.717) is 30.9 Å². The zero-order valence-corrected chi connectivity index (χ0v) is 19.0. The highest BCUT2D eigenvalue weighted by Gasteiger charge is 2.56. The van der Waals surface area contributed by atoms with E-state index in [-0.39, 0.29) is 23.5 Å². The van der Waals surface area contributed by atoms with Crippen LogP contribution in [0.1, 0.15) is 35.2 Å². The number of alkyl halides is 6. The average Bonchev–Trinajstić information content (AvgIpc) is 3.62. The minimum absolute atomic E-state index is 0.0622. The summed E-state index contributed by atoms with van der Waals surface area (Å²) >= 11 is 0. The first-order chi connectivity index (χ1) is 17.6. The highest BCUT2D eigenvalue weighted by atomic mass is 19.4. The number of carboxylic acids is 2. The molecule has 0 radical (unpaired) electrons. The molecule has 2 fully saturated rings. The van der Waals surface area contributed by atoms with Crippen molar-refractivity contribution in [3.8, 4) is 6.07 Å². The van der Waals surface area contributed by atoms with E-state index in [2.05, 4.69) is 21.4 Å². The summed E-state index contributed by atoms with van der Waals surface area (Å²) in [6, 6.07) is 5.83. The van der Waals surface area contributed by atoms with E-state index in [9.17, 15) is 41.2 Å². The van der Waals surface area contributed by atoms with Gasteiger partial charge in [-0.05, 0) is 37.3 Å². The number of hydrogen-bond donors (Lipinski definition) is 3. The molecule has 16 heteroatoms. The highest BCUT2D eigenvalue weighted by Crippen LogP contribution is 2.52. The predicted molar refractivity (Wildman–Crippen MR) is 115 cm³/mol. The number of anilines is 3. The van der Waals surface area contributed by atoms with E-state index in [4.69, 9.17) is 15.0 Å². The van der Waals surface area contributed by atoms with Crippen LogP contribution in [0.4, 0.5) is 43.7 Å². The van der Waals surface area contributed by atoms with Crippen LogP contribution in [-0.4, -0.2) is 50.7 Å². The van der Waals surface area contributed by atoms with Gasteiger partial charge < -0.3 is 20.4 Å². The van der Waals surface area contributed by atoms with Crippen molar-refractivity contribution >= 4 is 35.2 Å². The van der Waals surface area contributed by atoms with E-state index in [1.807, 2.05) is 0 Å². The van der Waals surface area contributed by atoms with Crippen LogP contribution in [0, 0.1) is 22.7 Å². The molecule has 3 heterocycles. The number of nitriles is 1. The molecule has 1 atom stereocenters. The Morgan fingerprint density at radius 3 is 2.21 bits per heavy atom. The molecular formula is C22H17F6N5O5. The van der Waals surface area contributed by atoms with Gasteiger partial charge in [0.1, 0.15) is 17.1 Å². The Morgan fingerprint density at radius 2 is 1.71 bits per heavy atom. The molecule has 38 heavy (non-hydrogen) atoms. The van der Waals surface area contributed by atoms with Gasteiger partial charge in [-0.2, -0.15) is 31.6 Å². The monoisotopic (exact) mass is 545 g/mol. The number of pyridine rings is 2. The van der Waals surface area contributed by atoms with Gasteiger partial charge in [0.25, 0.3) is 0 Å². The Bertz CT molecular complexity index is 1300. The van der Waals surface area contributed by atoms with Crippen molar-refractivity contribution in [2.24, 2.45) is 11.3 Å². The molecule has 0 spiro atoms. The summed E-state index contributed by atoms with van der Waals surface area (Å²) in [5.41, 5.74) is -2.87. The fraction of sp³-hybridized carbons (Fsp3) is 0.364. The van der Waals surface area contributed by atoms with E-state index < -0.39 is 40.8 Å². The number of nitrogens with one attached hydrogen (secondary N) is 1. The van der Waals surface area contributed by atoms with Crippen molar-refractivity contribution in [1.82, 2.24) is 9.97 Å². The first-order valence-electron chi connectivity index (χ1n) is 10.7. The minimum atomic E-state index is -5.08. The lowest BCUT2D eigenvalue weighted by molar-refractivity contribution is -0.192. The molecule has 10 nitrogen and oxygen atoms in total. The quantitative estimate of drug-likeness (QED) is 0.468. The van der Waals surface area contributed by atoms with Crippen LogP contribution < -0.4 is 10.2 Å². The Balaban J connectivity index is 0.000000505. The summed E-state index contributed by atoms with van der Waals surface area (Å²) in [5, 5.41) is 28.3. The van der Waals surface area contributed by atoms with Crippen molar-refractivity contribution in [3.63, 3.8) is 0 Å². The van der Waals surface area contributed by atoms with E-state index >= 15 is 0 Å². The van der Waals surface area contributed by atoms with Crippen LogP contribution in [0.25, 0.3) is 0 Å². The van der Waals surface area contributed by atoms with Crippen molar-refractivity contribution in [1.29, 1.82) is 5.26 Å². The van der Waals surface area contributed by atoms with Crippen LogP contribution in [0.5, 0.6) is 0 Å². The van der Waals surface area contributed by atoms with Crippen molar-refractivity contribution in [3.05, 3.63) is 41.7 Å². The lowest BCUT2D eigenvalue weighted by Gasteiger charge is -2.21. The molecule has 4 rings (SSSR count). The smallest absolute Gasteiger partial charge is 0.478 e. The number of carbonyl (C=O) groups excluding carboxylic acids is 1. The number of carboxylic acid groups (broad SMARTS) is 2. The van der Waals surface area contributed by atoms with Crippen molar-refractivity contribution < 1.29 is 50.9 Å². The summed E-state index contributed by atoms with van der Waals surface area (Å²) in [4.78, 5) is 42.1. The average molecular weight is 545 g/mol. The Labute approximate surface area is 209 Å². The molecule has 2 aromatic heterocycles. The molecule has 1 unspecified atom stereocenters. The largest absolute Gasteiger partial charge is 0.490 e. The van der Waals surface area contributed by atoms with Gasteiger partial charge in [-0.25, -0.2) is 19.6 Å². The molecule has 1 aliphatic heterocycles. The van der Waals surface area contributed by atoms with Crippen LogP contribution in [-0.2, 0) is 15.8 Å². The molecule has 3 N–H and O–H groups in total. The molecule has 0 aromatic carbocycles. The van der Waals surface area contributed by atoms with Crippen LogP contribution in [0.15, 0.2) is 30.6 Å². The molecule has 0 bridgehead atoms. The summed E-state index contributed by atoms with van der Waals surface area (Å²) < 4.78 is 71.4. The second-order valence-electron chi connectivity index (χ2n) is 8.31. The number of nitrogens with zero attached hydrogens (tertiary/aromatic N) is 4. The van der Waals surface area contributed by atoms with E-state index in [1.54, 1.807) is 6.07 Å². The number of hydrogen-bond acceptors (Lipinski definition) is 7. The van der Waals surface area contributed by atoms with Crippen LogP contribution in [0.2, 0.25) is 0 Å². The van der Waals surface area contributed by atoms with E-state index in [0.717, 1.165) is 12.8 Å². The zero-order chi connectivity index (χ0) is 28.5. The van der Waals surface area contributed by atoms with Gasteiger partial charge >= 0.3 is 24.3 Å². The number of amides is 1. The van der Waals surface area contributed by atoms with Crippen LogP contribution in [0.3, 0.4) is 0 Å². The van der Waals surface area contributed by atoms with Gasteiger partial charge in [-0.15, -0.1) is 0 Å². The van der Waals surface area contributed by atoms with Gasteiger partial charge in [-0.3, -0.25) is 4.79 Å². The van der Waals surface area contributed by atoms with Gasteiger partial charge in [0.05, 0.1) is 17.2 Å². The topological polar surface area (TPSA) is 157 Å². The minimum Gasteiger partial charge on any atom is -0.478 e. The molecule has 1 saturated carbocycles. The summed E-state index contributed by atoms with van der Waals surface area (Å²) in [6.07, 6.45) is -5.85. The molecule has 1 saturated heterocycles. The first-order valence-corrected chi connectivity index (χ1v) is 10.7. The third kappa shape index (κ3) is 5.93. The van der Waals surface area contributed by atoms with Gasteiger partial charge in [0, 0.05) is 30.7 Å². The lowest BCUT2D eigenvalue weighted by Crippen LogP contribution is -2.35. The third-order valence-electron chi connectivity index (χ3n) is 5.82. The molecule has 1 aliphatic carbocycles.